The average molecular weight is 341 g/mol. The monoisotopic (exact) mass is 341 g/mol. The van der Waals surface area contributed by atoms with E-state index in [0.29, 0.717) is 18.4 Å². The van der Waals surface area contributed by atoms with Crippen molar-refractivity contribution in [2.24, 2.45) is 0 Å². The van der Waals surface area contributed by atoms with Crippen LogP contribution in [0.2, 0.25) is 0 Å². The molecule has 4 nitrogen and oxygen atoms in total. The molecule has 2 heterocycles. The third-order valence-electron chi connectivity index (χ3n) is 3.48. The second-order valence-electron chi connectivity index (χ2n) is 5.23. The molecule has 0 radical (unpaired) electrons. The number of pyridine rings is 1. The SMILES string of the molecule is O=C(CCc1csc(-c2ccccn2)n1)NCc1ccccc1F. The second-order valence-corrected chi connectivity index (χ2v) is 6.09. The van der Waals surface area contributed by atoms with E-state index in [1.807, 2.05) is 23.6 Å². The molecule has 1 amide bonds. The highest BCUT2D eigenvalue weighted by atomic mass is 32.1. The molecule has 2 aromatic heterocycles. The van der Waals surface area contributed by atoms with E-state index in [0.717, 1.165) is 16.4 Å². The van der Waals surface area contributed by atoms with Crippen LogP contribution in [0.15, 0.2) is 54.0 Å². The molecule has 24 heavy (non-hydrogen) atoms. The first-order chi connectivity index (χ1) is 11.7. The Morgan fingerprint density at radius 3 is 2.79 bits per heavy atom. The summed E-state index contributed by atoms with van der Waals surface area (Å²) in [6, 6.07) is 12.1. The molecule has 0 saturated heterocycles. The summed E-state index contributed by atoms with van der Waals surface area (Å²) >= 11 is 1.51. The van der Waals surface area contributed by atoms with E-state index >= 15 is 0 Å². The number of hydrogen-bond donors (Lipinski definition) is 1. The Morgan fingerprint density at radius 1 is 1.17 bits per heavy atom. The van der Waals surface area contributed by atoms with Gasteiger partial charge < -0.3 is 5.32 Å². The van der Waals surface area contributed by atoms with Crippen molar-refractivity contribution in [3.8, 4) is 10.7 Å². The number of aryl methyl sites for hydroxylation is 1. The fourth-order valence-electron chi connectivity index (χ4n) is 2.19. The fraction of sp³-hybridized carbons (Fsp3) is 0.167. The van der Waals surface area contributed by atoms with Crippen molar-refractivity contribution < 1.29 is 9.18 Å². The number of benzene rings is 1. The van der Waals surface area contributed by atoms with Gasteiger partial charge >= 0.3 is 0 Å². The Labute approximate surface area is 143 Å². The third kappa shape index (κ3) is 4.23. The molecule has 0 saturated carbocycles. The maximum absolute atomic E-state index is 13.5. The van der Waals surface area contributed by atoms with Gasteiger partial charge in [0.05, 0.1) is 11.4 Å². The van der Waals surface area contributed by atoms with Crippen molar-refractivity contribution in [2.45, 2.75) is 19.4 Å². The first kappa shape index (κ1) is 16.3. The molecule has 3 rings (SSSR count). The minimum absolute atomic E-state index is 0.120. The molecule has 0 aliphatic rings. The molecule has 0 bridgehead atoms. The van der Waals surface area contributed by atoms with Gasteiger partial charge in [-0.3, -0.25) is 9.78 Å². The second kappa shape index (κ2) is 7.79. The van der Waals surface area contributed by atoms with Crippen LogP contribution in [0, 0.1) is 5.82 Å². The summed E-state index contributed by atoms with van der Waals surface area (Å²) < 4.78 is 13.5. The molecule has 0 aliphatic heterocycles. The zero-order valence-corrected chi connectivity index (χ0v) is 13.7. The van der Waals surface area contributed by atoms with Gasteiger partial charge in [0.1, 0.15) is 10.8 Å². The molecule has 1 N–H and O–H groups in total. The highest BCUT2D eigenvalue weighted by Crippen LogP contribution is 2.21. The van der Waals surface area contributed by atoms with Gasteiger partial charge in [-0.15, -0.1) is 11.3 Å². The van der Waals surface area contributed by atoms with Gasteiger partial charge in [-0.1, -0.05) is 24.3 Å². The smallest absolute Gasteiger partial charge is 0.220 e. The van der Waals surface area contributed by atoms with Gasteiger partial charge in [0.25, 0.3) is 0 Å². The zero-order chi connectivity index (χ0) is 16.8. The lowest BCUT2D eigenvalue weighted by molar-refractivity contribution is -0.121. The molecule has 0 aliphatic carbocycles. The molecular formula is C18H16FN3OS. The van der Waals surface area contributed by atoms with Gasteiger partial charge in [-0.25, -0.2) is 9.37 Å². The number of carbonyl (C=O) groups excluding carboxylic acids is 1. The summed E-state index contributed by atoms with van der Waals surface area (Å²) in [6.45, 7) is 0.196. The van der Waals surface area contributed by atoms with Gasteiger partial charge in [0, 0.05) is 30.1 Å². The van der Waals surface area contributed by atoms with Crippen molar-refractivity contribution in [3.63, 3.8) is 0 Å². The number of thiazole rings is 1. The number of amides is 1. The number of rotatable bonds is 6. The zero-order valence-electron chi connectivity index (χ0n) is 12.9. The minimum atomic E-state index is -0.308. The van der Waals surface area contributed by atoms with Crippen LogP contribution in [-0.4, -0.2) is 15.9 Å². The summed E-state index contributed by atoms with van der Waals surface area (Å²) in [5, 5.41) is 5.52. The number of aromatic nitrogens is 2. The van der Waals surface area contributed by atoms with Crippen LogP contribution in [0.4, 0.5) is 4.39 Å². The lowest BCUT2D eigenvalue weighted by Crippen LogP contribution is -2.23. The van der Waals surface area contributed by atoms with Crippen LogP contribution >= 0.6 is 11.3 Å². The quantitative estimate of drug-likeness (QED) is 0.745. The molecule has 0 fully saturated rings. The Kier molecular flexibility index (Phi) is 5.28. The maximum Gasteiger partial charge on any atom is 0.220 e. The van der Waals surface area contributed by atoms with Crippen molar-refractivity contribution in [2.75, 3.05) is 0 Å². The predicted octanol–water partition coefficient (Wildman–Crippen LogP) is 3.59. The molecule has 0 atom stereocenters. The number of nitrogens with one attached hydrogen (secondary N) is 1. The van der Waals surface area contributed by atoms with E-state index in [2.05, 4.69) is 15.3 Å². The molecular weight excluding hydrogens is 325 g/mol. The Hall–Kier alpha value is -2.60. The normalized spacial score (nSPS) is 10.5. The third-order valence-corrected chi connectivity index (χ3v) is 4.39. The van der Waals surface area contributed by atoms with Gasteiger partial charge in [0.15, 0.2) is 0 Å². The predicted molar refractivity (Wildman–Crippen MR) is 91.9 cm³/mol. The first-order valence-corrected chi connectivity index (χ1v) is 8.46. The van der Waals surface area contributed by atoms with Crippen LogP contribution < -0.4 is 5.32 Å². The van der Waals surface area contributed by atoms with E-state index in [-0.39, 0.29) is 18.3 Å². The Bertz CT molecular complexity index is 820. The van der Waals surface area contributed by atoms with Gasteiger partial charge in [-0.05, 0) is 24.6 Å². The van der Waals surface area contributed by atoms with Gasteiger partial charge in [-0.2, -0.15) is 0 Å². The highest BCUT2D eigenvalue weighted by molar-refractivity contribution is 7.13. The summed E-state index contributed by atoms with van der Waals surface area (Å²) in [5.74, 6) is -0.428. The lowest BCUT2D eigenvalue weighted by atomic mass is 10.2. The van der Waals surface area contributed by atoms with Crippen LogP contribution in [-0.2, 0) is 17.8 Å². The number of carbonyl (C=O) groups is 1. The van der Waals surface area contributed by atoms with Gasteiger partial charge in [0.2, 0.25) is 5.91 Å². The average Bonchev–Trinajstić information content (AvgIpc) is 3.09. The Morgan fingerprint density at radius 2 is 2.00 bits per heavy atom. The fourth-order valence-corrected chi connectivity index (χ4v) is 3.02. The van der Waals surface area contributed by atoms with Crippen LogP contribution in [0.3, 0.4) is 0 Å². The van der Waals surface area contributed by atoms with E-state index in [4.69, 9.17) is 0 Å². The largest absolute Gasteiger partial charge is 0.352 e. The molecule has 0 spiro atoms. The number of nitrogens with zero attached hydrogens (tertiary/aromatic N) is 2. The maximum atomic E-state index is 13.5. The van der Waals surface area contributed by atoms with Crippen LogP contribution in [0.1, 0.15) is 17.7 Å². The Balaban J connectivity index is 1.50. The highest BCUT2D eigenvalue weighted by Gasteiger charge is 2.08. The van der Waals surface area contributed by atoms with Crippen molar-refractivity contribution in [1.29, 1.82) is 0 Å². The van der Waals surface area contributed by atoms with E-state index in [9.17, 15) is 9.18 Å². The summed E-state index contributed by atoms with van der Waals surface area (Å²) in [4.78, 5) is 20.7. The molecule has 6 heteroatoms. The van der Waals surface area contributed by atoms with Crippen molar-refractivity contribution in [3.05, 3.63) is 71.1 Å². The number of halogens is 1. The summed E-state index contributed by atoms with van der Waals surface area (Å²) in [7, 11) is 0. The van der Waals surface area contributed by atoms with E-state index in [1.54, 1.807) is 24.4 Å². The first-order valence-electron chi connectivity index (χ1n) is 7.58. The van der Waals surface area contributed by atoms with E-state index in [1.165, 1.54) is 17.4 Å². The minimum Gasteiger partial charge on any atom is -0.352 e. The van der Waals surface area contributed by atoms with Crippen LogP contribution in [0.5, 0.6) is 0 Å². The summed E-state index contributed by atoms with van der Waals surface area (Å²) in [5.41, 5.74) is 2.18. The topological polar surface area (TPSA) is 54.9 Å². The molecule has 3 aromatic rings. The molecule has 1 aromatic carbocycles. The lowest BCUT2D eigenvalue weighted by Gasteiger charge is -2.05. The van der Waals surface area contributed by atoms with E-state index < -0.39 is 0 Å². The number of hydrogen-bond acceptors (Lipinski definition) is 4. The van der Waals surface area contributed by atoms with Crippen LogP contribution in [0.25, 0.3) is 10.7 Å². The van der Waals surface area contributed by atoms with Crippen molar-refractivity contribution >= 4 is 17.2 Å². The van der Waals surface area contributed by atoms with Crippen molar-refractivity contribution in [1.82, 2.24) is 15.3 Å². The standard InChI is InChI=1S/C18H16FN3OS/c19-15-6-2-1-5-13(15)11-21-17(23)9-8-14-12-24-18(22-14)16-7-3-4-10-20-16/h1-7,10,12H,8-9,11H2,(H,21,23). The molecule has 0 unspecified atom stereocenters. The molecule has 122 valence electrons. The summed E-state index contributed by atoms with van der Waals surface area (Å²) in [6.07, 6.45) is 2.60.